The third-order valence-electron chi connectivity index (χ3n) is 3.61. The standard InChI is InChI=1S/C13H15ClN2O2/c1-8-2-3-9(6-10(8)14)16-11-4-5-15-7-12(11)18-13(16)17/h2-3,6,11-12,15H,4-5,7H2,1H3. The third-order valence-corrected chi connectivity index (χ3v) is 4.01. The Kier molecular flexibility index (Phi) is 2.92. The zero-order valence-electron chi connectivity index (χ0n) is 10.1. The van der Waals surface area contributed by atoms with Gasteiger partial charge in [-0.25, -0.2) is 4.79 Å². The monoisotopic (exact) mass is 266 g/mol. The van der Waals surface area contributed by atoms with Crippen molar-refractivity contribution in [3.05, 3.63) is 28.8 Å². The molecule has 3 rings (SSSR count). The van der Waals surface area contributed by atoms with Crippen LogP contribution in [0, 0.1) is 6.92 Å². The Morgan fingerprint density at radius 3 is 3.11 bits per heavy atom. The van der Waals surface area contributed by atoms with Gasteiger partial charge in [0.15, 0.2) is 0 Å². The van der Waals surface area contributed by atoms with Crippen LogP contribution in [0.2, 0.25) is 5.02 Å². The predicted molar refractivity (Wildman–Crippen MR) is 70.2 cm³/mol. The van der Waals surface area contributed by atoms with Crippen LogP contribution >= 0.6 is 11.6 Å². The number of rotatable bonds is 1. The number of ether oxygens (including phenoxy) is 1. The number of amides is 1. The quantitative estimate of drug-likeness (QED) is 0.848. The highest BCUT2D eigenvalue weighted by molar-refractivity contribution is 6.31. The Morgan fingerprint density at radius 1 is 1.50 bits per heavy atom. The Labute approximate surface area is 111 Å². The molecule has 2 aliphatic heterocycles. The molecular weight excluding hydrogens is 252 g/mol. The minimum atomic E-state index is -0.270. The van der Waals surface area contributed by atoms with E-state index in [1.54, 1.807) is 4.90 Å². The number of fused-ring (bicyclic) bond motifs is 1. The van der Waals surface area contributed by atoms with E-state index < -0.39 is 0 Å². The Morgan fingerprint density at radius 2 is 2.33 bits per heavy atom. The summed E-state index contributed by atoms with van der Waals surface area (Å²) in [6.07, 6.45) is 0.585. The van der Waals surface area contributed by atoms with E-state index in [2.05, 4.69) is 5.32 Å². The largest absolute Gasteiger partial charge is 0.442 e. The molecule has 2 atom stereocenters. The van der Waals surface area contributed by atoms with Gasteiger partial charge in [0.1, 0.15) is 6.10 Å². The van der Waals surface area contributed by atoms with Crippen molar-refractivity contribution in [1.29, 1.82) is 0 Å². The number of aryl methyl sites for hydroxylation is 1. The van der Waals surface area contributed by atoms with Crippen molar-refractivity contribution in [3.8, 4) is 0 Å². The van der Waals surface area contributed by atoms with E-state index >= 15 is 0 Å². The second-order valence-corrected chi connectivity index (χ2v) is 5.19. The minimum absolute atomic E-state index is 0.0497. The molecule has 0 bridgehead atoms. The SMILES string of the molecule is Cc1ccc(N2C(=O)OC3CNCCC32)cc1Cl. The van der Waals surface area contributed by atoms with Crippen LogP contribution in [0.25, 0.3) is 0 Å². The topological polar surface area (TPSA) is 41.6 Å². The normalized spacial score (nSPS) is 27.0. The van der Waals surface area contributed by atoms with Crippen LogP contribution in [-0.4, -0.2) is 31.3 Å². The molecule has 2 fully saturated rings. The van der Waals surface area contributed by atoms with Gasteiger partial charge in [-0.1, -0.05) is 17.7 Å². The average Bonchev–Trinajstić information content (AvgIpc) is 2.69. The summed E-state index contributed by atoms with van der Waals surface area (Å²) in [5.41, 5.74) is 1.83. The minimum Gasteiger partial charge on any atom is -0.442 e. The fraction of sp³-hybridized carbons (Fsp3) is 0.462. The molecule has 1 aromatic rings. The van der Waals surface area contributed by atoms with Gasteiger partial charge in [0, 0.05) is 17.3 Å². The lowest BCUT2D eigenvalue weighted by atomic mass is 10.0. The Hall–Kier alpha value is -1.26. The first-order valence-electron chi connectivity index (χ1n) is 6.13. The Balaban J connectivity index is 1.94. The van der Waals surface area contributed by atoms with Gasteiger partial charge in [-0.05, 0) is 37.6 Å². The first-order chi connectivity index (χ1) is 8.66. The fourth-order valence-corrected chi connectivity index (χ4v) is 2.76. The first-order valence-corrected chi connectivity index (χ1v) is 6.51. The second-order valence-electron chi connectivity index (χ2n) is 4.79. The van der Waals surface area contributed by atoms with Crippen molar-refractivity contribution in [1.82, 2.24) is 5.32 Å². The molecule has 1 N–H and O–H groups in total. The van der Waals surface area contributed by atoms with Crippen LogP contribution in [0.1, 0.15) is 12.0 Å². The van der Waals surface area contributed by atoms with Crippen LogP contribution in [0.3, 0.4) is 0 Å². The van der Waals surface area contributed by atoms with E-state index in [0.717, 1.165) is 30.8 Å². The summed E-state index contributed by atoms with van der Waals surface area (Å²) in [4.78, 5) is 13.7. The molecular formula is C13H15ClN2O2. The molecule has 5 heteroatoms. The number of halogens is 1. The van der Waals surface area contributed by atoms with Crippen molar-refractivity contribution in [3.63, 3.8) is 0 Å². The zero-order valence-corrected chi connectivity index (χ0v) is 10.9. The molecule has 96 valence electrons. The third kappa shape index (κ3) is 1.85. The molecule has 2 saturated heterocycles. The van der Waals surface area contributed by atoms with Crippen LogP contribution in [-0.2, 0) is 4.74 Å². The van der Waals surface area contributed by atoms with Gasteiger partial charge in [0.25, 0.3) is 0 Å². The zero-order chi connectivity index (χ0) is 12.7. The molecule has 0 radical (unpaired) electrons. The lowest BCUT2D eigenvalue weighted by Crippen LogP contribution is -2.47. The highest BCUT2D eigenvalue weighted by Crippen LogP contribution is 2.32. The fourth-order valence-electron chi connectivity index (χ4n) is 2.58. The molecule has 2 unspecified atom stereocenters. The lowest BCUT2D eigenvalue weighted by molar-refractivity contribution is 0.121. The van der Waals surface area contributed by atoms with E-state index in [0.29, 0.717) is 5.02 Å². The smallest absolute Gasteiger partial charge is 0.415 e. The number of carbonyl (C=O) groups is 1. The number of hydrogen-bond acceptors (Lipinski definition) is 3. The van der Waals surface area contributed by atoms with Crippen molar-refractivity contribution in [2.75, 3.05) is 18.0 Å². The maximum absolute atomic E-state index is 12.0. The van der Waals surface area contributed by atoms with Crippen LogP contribution in [0.5, 0.6) is 0 Å². The molecule has 18 heavy (non-hydrogen) atoms. The van der Waals surface area contributed by atoms with Crippen molar-refractivity contribution < 1.29 is 9.53 Å². The molecule has 2 aliphatic rings. The molecule has 2 heterocycles. The van der Waals surface area contributed by atoms with E-state index in [9.17, 15) is 4.79 Å². The first kappa shape index (κ1) is 11.8. The van der Waals surface area contributed by atoms with E-state index in [4.69, 9.17) is 16.3 Å². The van der Waals surface area contributed by atoms with Crippen LogP contribution in [0.15, 0.2) is 18.2 Å². The molecule has 0 saturated carbocycles. The summed E-state index contributed by atoms with van der Waals surface area (Å²) in [5, 5.41) is 3.92. The summed E-state index contributed by atoms with van der Waals surface area (Å²) in [5.74, 6) is 0. The van der Waals surface area contributed by atoms with E-state index in [1.165, 1.54) is 0 Å². The van der Waals surface area contributed by atoms with Gasteiger partial charge < -0.3 is 10.1 Å². The molecule has 0 aromatic heterocycles. The Bertz CT molecular complexity index is 492. The number of anilines is 1. The highest BCUT2D eigenvalue weighted by Gasteiger charge is 2.43. The lowest BCUT2D eigenvalue weighted by Gasteiger charge is -2.28. The molecule has 4 nitrogen and oxygen atoms in total. The van der Waals surface area contributed by atoms with Gasteiger partial charge in [-0.15, -0.1) is 0 Å². The van der Waals surface area contributed by atoms with Crippen molar-refractivity contribution in [2.45, 2.75) is 25.5 Å². The second kappa shape index (κ2) is 4.44. The predicted octanol–water partition coefficient (Wildman–Crippen LogP) is 2.34. The molecule has 0 aliphatic carbocycles. The summed E-state index contributed by atoms with van der Waals surface area (Å²) in [6, 6.07) is 5.81. The molecule has 0 spiro atoms. The van der Waals surface area contributed by atoms with Gasteiger partial charge in [-0.2, -0.15) is 0 Å². The maximum atomic E-state index is 12.0. The van der Waals surface area contributed by atoms with Gasteiger partial charge >= 0.3 is 6.09 Å². The summed E-state index contributed by atoms with van der Waals surface area (Å²) >= 11 is 6.12. The van der Waals surface area contributed by atoms with Crippen molar-refractivity contribution >= 4 is 23.4 Å². The van der Waals surface area contributed by atoms with Gasteiger partial charge in [0.05, 0.1) is 6.04 Å². The number of benzene rings is 1. The van der Waals surface area contributed by atoms with E-state index in [-0.39, 0.29) is 18.2 Å². The van der Waals surface area contributed by atoms with E-state index in [1.807, 2.05) is 25.1 Å². The summed E-state index contributed by atoms with van der Waals surface area (Å²) in [7, 11) is 0. The number of nitrogens with zero attached hydrogens (tertiary/aromatic N) is 1. The summed E-state index contributed by atoms with van der Waals surface area (Å²) < 4.78 is 5.38. The van der Waals surface area contributed by atoms with Crippen LogP contribution in [0.4, 0.5) is 10.5 Å². The summed E-state index contributed by atoms with van der Waals surface area (Å²) in [6.45, 7) is 3.59. The number of carbonyl (C=O) groups excluding carboxylic acids is 1. The molecule has 1 amide bonds. The van der Waals surface area contributed by atoms with Crippen molar-refractivity contribution in [2.24, 2.45) is 0 Å². The average molecular weight is 267 g/mol. The number of hydrogen-bond donors (Lipinski definition) is 1. The maximum Gasteiger partial charge on any atom is 0.415 e. The van der Waals surface area contributed by atoms with Gasteiger partial charge in [0.2, 0.25) is 0 Å². The van der Waals surface area contributed by atoms with Gasteiger partial charge in [-0.3, -0.25) is 4.90 Å². The highest BCUT2D eigenvalue weighted by atomic mass is 35.5. The molecule has 1 aromatic carbocycles. The number of piperidine rings is 1. The number of nitrogens with one attached hydrogen (secondary N) is 1. The van der Waals surface area contributed by atoms with Crippen LogP contribution < -0.4 is 10.2 Å².